The van der Waals surface area contributed by atoms with Gasteiger partial charge in [-0.05, 0) is 51.1 Å². The van der Waals surface area contributed by atoms with E-state index in [4.69, 9.17) is 25.8 Å². The minimum absolute atomic E-state index is 0.0382. The van der Waals surface area contributed by atoms with Gasteiger partial charge in [0.1, 0.15) is 17.2 Å². The van der Waals surface area contributed by atoms with E-state index in [0.717, 1.165) is 0 Å². The van der Waals surface area contributed by atoms with Gasteiger partial charge in [-0.3, -0.25) is 9.59 Å². The van der Waals surface area contributed by atoms with Crippen LogP contribution in [0.4, 0.5) is 5.69 Å². The SMILES string of the molecule is C#CCC(NC(C)(C)C)C(=O)Nc1ccc2c(c1)C(=O)OC21c2ccccc2Oc2cc(O)ccc21.O=CO. The Morgan fingerprint density at radius 2 is 1.74 bits per heavy atom. The average Bonchev–Trinajstić information content (AvgIpc) is 3.15. The molecule has 0 fully saturated rings. The molecular formula is C30H28N2O7. The molecule has 0 aromatic heterocycles. The number of phenolic OH excluding ortho intramolecular Hbond substituents is 1. The molecule has 5 rings (SSSR count). The highest BCUT2D eigenvalue weighted by molar-refractivity contribution is 6.00. The summed E-state index contributed by atoms with van der Waals surface area (Å²) in [4.78, 5) is 34.6. The highest BCUT2D eigenvalue weighted by Crippen LogP contribution is 2.56. The van der Waals surface area contributed by atoms with Crippen molar-refractivity contribution in [2.45, 2.75) is 44.4 Å². The van der Waals surface area contributed by atoms with Gasteiger partial charge in [0.2, 0.25) is 5.91 Å². The minimum Gasteiger partial charge on any atom is -0.508 e. The lowest BCUT2D eigenvalue weighted by molar-refractivity contribution is -0.123. The summed E-state index contributed by atoms with van der Waals surface area (Å²) in [6, 6.07) is 16.6. The van der Waals surface area contributed by atoms with Crippen molar-refractivity contribution in [1.82, 2.24) is 5.32 Å². The normalized spacial score (nSPS) is 17.1. The fourth-order valence-electron chi connectivity index (χ4n) is 4.82. The Balaban J connectivity index is 0.00000112. The first kappa shape index (κ1) is 27.2. The summed E-state index contributed by atoms with van der Waals surface area (Å²) in [7, 11) is 0. The standard InChI is InChI=1S/C29H26N2O5.CH2O2/c1-5-8-23(31-28(2,3)4)26(33)30-17-11-13-20-19(15-17)27(34)36-29(20)21-9-6-7-10-24(21)35-25-16-18(32)12-14-22(25)29;2-1-3/h1,6-7,9-16,23,31-32H,8H2,2-4H3,(H,30,33);1H,(H,2,3). The molecule has 2 aliphatic heterocycles. The molecule has 2 aliphatic rings. The molecule has 3 aromatic rings. The monoisotopic (exact) mass is 528 g/mol. The lowest BCUT2D eigenvalue weighted by Crippen LogP contribution is -2.49. The van der Waals surface area contributed by atoms with E-state index >= 15 is 0 Å². The second-order valence-corrected chi connectivity index (χ2v) is 10.1. The Kier molecular flexibility index (Phi) is 7.34. The van der Waals surface area contributed by atoms with E-state index in [9.17, 15) is 14.7 Å². The maximum Gasteiger partial charge on any atom is 0.340 e. The molecule has 2 heterocycles. The van der Waals surface area contributed by atoms with E-state index in [-0.39, 0.29) is 30.1 Å². The molecule has 0 aliphatic carbocycles. The third-order valence-electron chi connectivity index (χ3n) is 6.21. The van der Waals surface area contributed by atoms with Gasteiger partial charge >= 0.3 is 5.97 Å². The number of carbonyl (C=O) groups is 3. The van der Waals surface area contributed by atoms with Crippen LogP contribution in [-0.4, -0.2) is 40.1 Å². The average molecular weight is 529 g/mol. The summed E-state index contributed by atoms with van der Waals surface area (Å²) in [5.41, 5.74) is 1.14. The first-order chi connectivity index (χ1) is 18.5. The lowest BCUT2D eigenvalue weighted by Gasteiger charge is -2.36. The van der Waals surface area contributed by atoms with Crippen LogP contribution in [0.15, 0.2) is 60.7 Å². The van der Waals surface area contributed by atoms with Crippen molar-refractivity contribution in [3.63, 3.8) is 0 Å². The Morgan fingerprint density at radius 1 is 1.08 bits per heavy atom. The number of esters is 1. The zero-order chi connectivity index (χ0) is 28.4. The maximum atomic E-state index is 13.2. The topological polar surface area (TPSA) is 134 Å². The quantitative estimate of drug-likeness (QED) is 0.223. The molecule has 0 saturated carbocycles. The summed E-state index contributed by atoms with van der Waals surface area (Å²) in [6.45, 7) is 5.62. The van der Waals surface area contributed by atoms with Crippen molar-refractivity contribution in [2.75, 3.05) is 5.32 Å². The van der Waals surface area contributed by atoms with Gasteiger partial charge in [0.15, 0.2) is 5.60 Å². The smallest absolute Gasteiger partial charge is 0.340 e. The third kappa shape index (κ3) is 5.15. The fraction of sp³-hybridized carbons (Fsp3) is 0.233. The lowest BCUT2D eigenvalue weighted by atomic mass is 9.77. The molecule has 1 spiro atoms. The number of nitrogens with one attached hydrogen (secondary N) is 2. The van der Waals surface area contributed by atoms with Gasteiger partial charge in [-0.1, -0.05) is 24.3 Å². The van der Waals surface area contributed by atoms with Crippen LogP contribution in [0.1, 0.15) is 54.2 Å². The van der Waals surface area contributed by atoms with E-state index in [0.29, 0.717) is 39.4 Å². The highest BCUT2D eigenvalue weighted by atomic mass is 16.6. The summed E-state index contributed by atoms with van der Waals surface area (Å²) in [6.07, 6.45) is 5.70. The zero-order valence-corrected chi connectivity index (χ0v) is 21.6. The number of carboxylic acid groups (broad SMARTS) is 1. The molecule has 9 nitrogen and oxygen atoms in total. The van der Waals surface area contributed by atoms with E-state index in [2.05, 4.69) is 16.6 Å². The van der Waals surface area contributed by atoms with Crippen LogP contribution < -0.4 is 15.4 Å². The Hall–Kier alpha value is -4.81. The van der Waals surface area contributed by atoms with Crippen molar-refractivity contribution >= 4 is 24.0 Å². The van der Waals surface area contributed by atoms with Gasteiger partial charge in [0.25, 0.3) is 6.47 Å². The zero-order valence-electron chi connectivity index (χ0n) is 21.6. The molecular weight excluding hydrogens is 500 g/mol. The van der Waals surface area contributed by atoms with Crippen molar-refractivity contribution in [3.8, 4) is 29.6 Å². The molecule has 2 unspecified atom stereocenters. The predicted octanol–water partition coefficient (Wildman–Crippen LogP) is 4.38. The van der Waals surface area contributed by atoms with Gasteiger partial charge in [-0.25, -0.2) is 4.79 Å². The molecule has 0 bridgehead atoms. The number of phenols is 1. The number of ether oxygens (including phenoxy) is 2. The number of aromatic hydroxyl groups is 1. The third-order valence-corrected chi connectivity index (χ3v) is 6.21. The molecule has 3 aromatic carbocycles. The number of para-hydroxylation sites is 1. The predicted molar refractivity (Wildman–Crippen MR) is 144 cm³/mol. The van der Waals surface area contributed by atoms with Crippen molar-refractivity contribution < 1.29 is 34.1 Å². The molecule has 9 heteroatoms. The number of benzene rings is 3. The molecule has 0 radical (unpaired) electrons. The molecule has 0 saturated heterocycles. The molecule has 200 valence electrons. The van der Waals surface area contributed by atoms with Crippen molar-refractivity contribution in [3.05, 3.63) is 82.9 Å². The van der Waals surface area contributed by atoms with Crippen LogP contribution >= 0.6 is 0 Å². The summed E-state index contributed by atoms with van der Waals surface area (Å²) >= 11 is 0. The van der Waals surface area contributed by atoms with E-state index < -0.39 is 17.6 Å². The summed E-state index contributed by atoms with van der Waals surface area (Å²) in [5, 5.41) is 23.0. The Labute approximate surface area is 225 Å². The van der Waals surface area contributed by atoms with Gasteiger partial charge in [0, 0.05) is 40.4 Å². The summed E-state index contributed by atoms with van der Waals surface area (Å²) in [5.74, 6) is 2.69. The number of anilines is 1. The number of amides is 1. The van der Waals surface area contributed by atoms with Crippen LogP contribution in [0.3, 0.4) is 0 Å². The number of fused-ring (bicyclic) bond motifs is 6. The molecule has 4 N–H and O–H groups in total. The Morgan fingerprint density at radius 3 is 2.44 bits per heavy atom. The molecule has 39 heavy (non-hydrogen) atoms. The molecule has 1 amide bonds. The van der Waals surface area contributed by atoms with Crippen LogP contribution in [0.5, 0.6) is 17.2 Å². The second-order valence-electron chi connectivity index (χ2n) is 10.1. The number of hydrogen-bond acceptors (Lipinski definition) is 7. The Bertz CT molecular complexity index is 1490. The van der Waals surface area contributed by atoms with Crippen molar-refractivity contribution in [1.29, 1.82) is 0 Å². The van der Waals surface area contributed by atoms with Crippen LogP contribution in [-0.2, 0) is 19.9 Å². The number of hydrogen-bond donors (Lipinski definition) is 4. The fourth-order valence-corrected chi connectivity index (χ4v) is 4.82. The number of rotatable bonds is 4. The van der Waals surface area contributed by atoms with Gasteiger partial charge in [-0.2, -0.15) is 0 Å². The highest BCUT2D eigenvalue weighted by Gasteiger charge is 2.53. The molecule has 2 atom stereocenters. The van der Waals surface area contributed by atoms with Crippen LogP contribution in [0, 0.1) is 12.3 Å². The number of terminal acetylenes is 1. The van der Waals surface area contributed by atoms with E-state index in [1.165, 1.54) is 12.1 Å². The maximum absolute atomic E-state index is 13.2. The van der Waals surface area contributed by atoms with Crippen LogP contribution in [0.25, 0.3) is 0 Å². The van der Waals surface area contributed by atoms with Gasteiger partial charge in [-0.15, -0.1) is 12.3 Å². The second kappa shape index (κ2) is 10.5. The van der Waals surface area contributed by atoms with Crippen LogP contribution in [0.2, 0.25) is 0 Å². The first-order valence-corrected chi connectivity index (χ1v) is 12.1. The van der Waals surface area contributed by atoms with Gasteiger partial charge in [0.05, 0.1) is 11.6 Å². The minimum atomic E-state index is -1.24. The van der Waals surface area contributed by atoms with E-state index in [1.54, 1.807) is 30.3 Å². The summed E-state index contributed by atoms with van der Waals surface area (Å²) < 4.78 is 12.1. The van der Waals surface area contributed by atoms with Gasteiger partial charge < -0.3 is 30.3 Å². The largest absolute Gasteiger partial charge is 0.508 e. The number of carbonyl (C=O) groups excluding carboxylic acids is 2. The van der Waals surface area contributed by atoms with E-state index in [1.807, 2.05) is 39.0 Å². The first-order valence-electron chi connectivity index (χ1n) is 12.1. The van der Waals surface area contributed by atoms with Crippen molar-refractivity contribution in [2.24, 2.45) is 0 Å².